The number of fused-ring (bicyclic) bond motifs is 1. The highest BCUT2D eigenvalue weighted by molar-refractivity contribution is 6.30. The first-order chi connectivity index (χ1) is 8.33. The summed E-state index contributed by atoms with van der Waals surface area (Å²) in [6.45, 7) is 0.874. The van der Waals surface area contributed by atoms with Gasteiger partial charge in [-0.1, -0.05) is 35.9 Å². The van der Waals surface area contributed by atoms with E-state index in [4.69, 9.17) is 11.6 Å². The topological polar surface area (TPSA) is 37.8 Å². The molecule has 1 aromatic heterocycles. The van der Waals surface area contributed by atoms with Crippen molar-refractivity contribution in [1.29, 1.82) is 0 Å². The molecule has 1 N–H and O–H groups in total. The molecule has 86 valence electrons. The third kappa shape index (κ3) is 2.11. The van der Waals surface area contributed by atoms with Gasteiger partial charge in [-0.2, -0.15) is 0 Å². The molecule has 3 nitrogen and oxygen atoms in total. The van der Waals surface area contributed by atoms with Gasteiger partial charge in [-0.05, 0) is 17.5 Å². The van der Waals surface area contributed by atoms with Gasteiger partial charge in [0.05, 0.1) is 17.4 Å². The second kappa shape index (κ2) is 4.34. The van der Waals surface area contributed by atoms with Crippen LogP contribution in [0.2, 0.25) is 5.02 Å². The second-order valence-corrected chi connectivity index (χ2v) is 4.64. The van der Waals surface area contributed by atoms with Gasteiger partial charge >= 0.3 is 0 Å². The molecule has 1 unspecified atom stereocenters. The van der Waals surface area contributed by atoms with Crippen LogP contribution in [0.3, 0.4) is 0 Å². The molecule has 17 heavy (non-hydrogen) atoms. The van der Waals surface area contributed by atoms with Gasteiger partial charge in [0, 0.05) is 12.5 Å². The van der Waals surface area contributed by atoms with Crippen molar-refractivity contribution in [2.45, 2.75) is 12.3 Å². The van der Waals surface area contributed by atoms with E-state index in [2.05, 4.69) is 39.6 Å². The molecule has 0 fully saturated rings. The zero-order chi connectivity index (χ0) is 11.7. The standard InChI is InChI=1S/C13H12ClN3/c14-11-7-16-13(17-8-11)15-6-10-5-9-3-1-2-4-12(9)10/h1-4,7-8,10H,5-6H2,(H,15,16,17). The summed E-state index contributed by atoms with van der Waals surface area (Å²) in [6, 6.07) is 8.55. The van der Waals surface area contributed by atoms with E-state index in [0.29, 0.717) is 16.9 Å². The summed E-state index contributed by atoms with van der Waals surface area (Å²) in [5.74, 6) is 1.21. The molecule has 0 spiro atoms. The summed E-state index contributed by atoms with van der Waals surface area (Å²) < 4.78 is 0. The molecule has 3 rings (SSSR count). The van der Waals surface area contributed by atoms with Crippen LogP contribution in [0.15, 0.2) is 36.7 Å². The van der Waals surface area contributed by atoms with Crippen LogP contribution in [0.25, 0.3) is 0 Å². The van der Waals surface area contributed by atoms with Crippen LogP contribution in [0.1, 0.15) is 17.0 Å². The Hall–Kier alpha value is -1.61. The van der Waals surface area contributed by atoms with E-state index in [0.717, 1.165) is 13.0 Å². The normalized spacial score (nSPS) is 17.1. The van der Waals surface area contributed by atoms with E-state index in [9.17, 15) is 0 Å². The number of anilines is 1. The lowest BCUT2D eigenvalue weighted by atomic mass is 9.78. The van der Waals surface area contributed by atoms with Gasteiger partial charge in [-0.3, -0.25) is 0 Å². The van der Waals surface area contributed by atoms with Crippen molar-refractivity contribution in [3.05, 3.63) is 52.8 Å². The van der Waals surface area contributed by atoms with Gasteiger partial charge in [-0.15, -0.1) is 0 Å². The van der Waals surface area contributed by atoms with Crippen molar-refractivity contribution in [3.8, 4) is 0 Å². The van der Waals surface area contributed by atoms with Gasteiger partial charge in [-0.25, -0.2) is 9.97 Å². The minimum Gasteiger partial charge on any atom is -0.354 e. The Balaban J connectivity index is 1.62. The van der Waals surface area contributed by atoms with Gasteiger partial charge in [0.25, 0.3) is 0 Å². The number of nitrogens with zero attached hydrogens (tertiary/aromatic N) is 2. The third-order valence-corrected chi connectivity index (χ3v) is 3.28. The molecular weight excluding hydrogens is 234 g/mol. The first-order valence-corrected chi connectivity index (χ1v) is 6.00. The summed E-state index contributed by atoms with van der Waals surface area (Å²) in [5.41, 5.74) is 2.89. The van der Waals surface area contributed by atoms with Crippen molar-refractivity contribution in [2.24, 2.45) is 0 Å². The summed E-state index contributed by atoms with van der Waals surface area (Å²) in [6.07, 6.45) is 4.34. The molecular formula is C13H12ClN3. The molecule has 1 aromatic carbocycles. The quantitative estimate of drug-likeness (QED) is 0.904. The highest BCUT2D eigenvalue weighted by Gasteiger charge is 2.24. The van der Waals surface area contributed by atoms with Gasteiger partial charge < -0.3 is 5.32 Å². The lowest BCUT2D eigenvalue weighted by molar-refractivity contribution is 0.633. The minimum absolute atomic E-state index is 0.560. The van der Waals surface area contributed by atoms with Crippen molar-refractivity contribution < 1.29 is 0 Å². The van der Waals surface area contributed by atoms with Crippen LogP contribution < -0.4 is 5.32 Å². The number of halogens is 1. The second-order valence-electron chi connectivity index (χ2n) is 4.21. The predicted molar refractivity (Wildman–Crippen MR) is 68.4 cm³/mol. The first-order valence-electron chi connectivity index (χ1n) is 5.62. The van der Waals surface area contributed by atoms with E-state index in [-0.39, 0.29) is 0 Å². The zero-order valence-corrected chi connectivity index (χ0v) is 9.98. The van der Waals surface area contributed by atoms with Crippen LogP contribution in [0.5, 0.6) is 0 Å². The molecule has 1 aliphatic rings. The maximum atomic E-state index is 5.73. The fraction of sp³-hybridized carbons (Fsp3) is 0.231. The Labute approximate surface area is 105 Å². The molecule has 0 aliphatic heterocycles. The number of hydrogen-bond acceptors (Lipinski definition) is 3. The van der Waals surface area contributed by atoms with Crippen LogP contribution in [-0.4, -0.2) is 16.5 Å². The number of nitrogens with one attached hydrogen (secondary N) is 1. The highest BCUT2D eigenvalue weighted by Crippen LogP contribution is 2.34. The fourth-order valence-electron chi connectivity index (χ4n) is 2.16. The lowest BCUT2D eigenvalue weighted by Crippen LogP contribution is -2.24. The molecule has 2 aromatic rings. The van der Waals surface area contributed by atoms with Crippen LogP contribution in [0.4, 0.5) is 5.95 Å². The first kappa shape index (κ1) is 10.5. The average molecular weight is 246 g/mol. The monoisotopic (exact) mass is 245 g/mol. The van der Waals surface area contributed by atoms with Crippen LogP contribution in [-0.2, 0) is 6.42 Å². The largest absolute Gasteiger partial charge is 0.354 e. The zero-order valence-electron chi connectivity index (χ0n) is 9.23. The molecule has 0 saturated carbocycles. The van der Waals surface area contributed by atoms with E-state index >= 15 is 0 Å². The van der Waals surface area contributed by atoms with Gasteiger partial charge in [0.2, 0.25) is 5.95 Å². The van der Waals surface area contributed by atoms with Crippen molar-refractivity contribution in [2.75, 3.05) is 11.9 Å². The van der Waals surface area contributed by atoms with E-state index < -0.39 is 0 Å². The van der Waals surface area contributed by atoms with E-state index in [1.165, 1.54) is 11.1 Å². The number of benzene rings is 1. The summed E-state index contributed by atoms with van der Waals surface area (Å²) >= 11 is 5.73. The Morgan fingerprint density at radius 3 is 2.76 bits per heavy atom. The smallest absolute Gasteiger partial charge is 0.222 e. The molecule has 4 heteroatoms. The number of aromatic nitrogens is 2. The summed E-state index contributed by atoms with van der Waals surface area (Å²) in [4.78, 5) is 8.22. The van der Waals surface area contributed by atoms with Crippen LogP contribution in [0, 0.1) is 0 Å². The third-order valence-electron chi connectivity index (χ3n) is 3.09. The Kier molecular flexibility index (Phi) is 2.69. The number of hydrogen-bond donors (Lipinski definition) is 1. The SMILES string of the molecule is Clc1cnc(NCC2Cc3ccccc32)nc1. The average Bonchev–Trinajstić information content (AvgIpc) is 2.33. The molecule has 0 amide bonds. The van der Waals surface area contributed by atoms with Crippen LogP contribution >= 0.6 is 11.6 Å². The molecule has 0 bridgehead atoms. The molecule has 1 heterocycles. The Morgan fingerprint density at radius 2 is 2.00 bits per heavy atom. The van der Waals surface area contributed by atoms with E-state index in [1.54, 1.807) is 12.4 Å². The minimum atomic E-state index is 0.560. The predicted octanol–water partition coefficient (Wildman–Crippen LogP) is 2.88. The molecule has 1 aliphatic carbocycles. The summed E-state index contributed by atoms with van der Waals surface area (Å²) in [5, 5.41) is 3.79. The van der Waals surface area contributed by atoms with Crippen molar-refractivity contribution in [1.82, 2.24) is 9.97 Å². The van der Waals surface area contributed by atoms with E-state index in [1.807, 2.05) is 0 Å². The molecule has 0 saturated heterocycles. The fourth-order valence-corrected chi connectivity index (χ4v) is 2.26. The Bertz CT molecular complexity index is 524. The van der Waals surface area contributed by atoms with Crippen molar-refractivity contribution >= 4 is 17.5 Å². The van der Waals surface area contributed by atoms with Gasteiger partial charge in [0.15, 0.2) is 0 Å². The molecule has 1 atom stereocenters. The maximum Gasteiger partial charge on any atom is 0.222 e. The molecule has 0 radical (unpaired) electrons. The number of rotatable bonds is 3. The highest BCUT2D eigenvalue weighted by atomic mass is 35.5. The maximum absolute atomic E-state index is 5.73. The summed E-state index contributed by atoms with van der Waals surface area (Å²) in [7, 11) is 0. The van der Waals surface area contributed by atoms with Crippen molar-refractivity contribution in [3.63, 3.8) is 0 Å². The lowest BCUT2D eigenvalue weighted by Gasteiger charge is -2.30. The van der Waals surface area contributed by atoms with Gasteiger partial charge in [0.1, 0.15) is 0 Å². The Morgan fingerprint density at radius 1 is 1.24 bits per heavy atom.